The minimum Gasteiger partial charge on any atom is -0.497 e. The maximum absolute atomic E-state index is 15.1. The van der Waals surface area contributed by atoms with Crippen molar-refractivity contribution >= 4 is 18.7 Å². The Morgan fingerprint density at radius 1 is 0.800 bits per heavy atom. The number of nitrogens with zero attached hydrogens (tertiary/aromatic N) is 3. The molecule has 0 atom stereocenters. The van der Waals surface area contributed by atoms with Crippen LogP contribution in [0.25, 0.3) is 21.6 Å². The summed E-state index contributed by atoms with van der Waals surface area (Å²) in [6, 6.07) is 31.4. The van der Waals surface area contributed by atoms with Gasteiger partial charge in [-0.15, -0.1) is 0 Å². The fraction of sp³-hybridized carbons (Fsp3) is 0.273. The van der Waals surface area contributed by atoms with Crippen molar-refractivity contribution in [3.8, 4) is 16.9 Å². The van der Waals surface area contributed by atoms with Crippen molar-refractivity contribution in [3.63, 3.8) is 0 Å². The predicted octanol–water partition coefficient (Wildman–Crippen LogP) is 8.12. The number of halogens is 1. The quantitative estimate of drug-likeness (QED) is 0.0909. The zero-order chi connectivity index (χ0) is 29.0. The molecule has 40 heavy (non-hydrogen) atoms. The van der Waals surface area contributed by atoms with Crippen LogP contribution in [0.3, 0.4) is 0 Å². The van der Waals surface area contributed by atoms with Crippen molar-refractivity contribution in [1.29, 1.82) is 0 Å². The molecule has 4 aromatic rings. The zero-order valence-electron chi connectivity index (χ0n) is 24.0. The molecule has 7 heteroatoms. The van der Waals surface area contributed by atoms with Crippen LogP contribution in [0.4, 0.5) is 4.39 Å². The summed E-state index contributed by atoms with van der Waals surface area (Å²) in [6.07, 6.45) is 0. The average Bonchev–Trinajstić information content (AvgIpc) is 2.94. The summed E-state index contributed by atoms with van der Waals surface area (Å²) in [5, 5.41) is 6.28. The molecule has 4 rings (SSSR count). The molecule has 0 saturated carbocycles. The van der Waals surface area contributed by atoms with Gasteiger partial charge >= 0.3 is 0 Å². The van der Waals surface area contributed by atoms with Gasteiger partial charge in [0.25, 0.3) is 8.32 Å². The lowest BCUT2D eigenvalue weighted by Gasteiger charge is -2.43. The minimum absolute atomic E-state index is 0.174. The van der Waals surface area contributed by atoms with E-state index in [1.807, 2.05) is 44.2 Å². The van der Waals surface area contributed by atoms with E-state index < -0.39 is 13.9 Å². The van der Waals surface area contributed by atoms with E-state index in [0.717, 1.165) is 5.56 Å². The van der Waals surface area contributed by atoms with Gasteiger partial charge in [-0.2, -0.15) is 0 Å². The monoisotopic (exact) mass is 553 g/mol. The molecule has 0 aliphatic rings. The van der Waals surface area contributed by atoms with E-state index in [9.17, 15) is 5.53 Å². The van der Waals surface area contributed by atoms with E-state index in [4.69, 9.17) is 9.16 Å². The van der Waals surface area contributed by atoms with Crippen molar-refractivity contribution in [2.75, 3.05) is 7.11 Å². The van der Waals surface area contributed by atoms with Crippen molar-refractivity contribution in [2.45, 2.75) is 51.8 Å². The fourth-order valence-corrected chi connectivity index (χ4v) is 9.92. The molecule has 0 heterocycles. The number of ether oxygens (including phenoxy) is 1. The molecule has 0 spiro atoms. The highest BCUT2D eigenvalue weighted by Gasteiger charge is 2.50. The van der Waals surface area contributed by atoms with Gasteiger partial charge in [-0.25, -0.2) is 4.39 Å². The second-order valence-electron chi connectivity index (χ2n) is 11.4. The van der Waals surface area contributed by atoms with Crippen LogP contribution in [-0.4, -0.2) is 15.4 Å². The molecule has 0 saturated heterocycles. The number of benzene rings is 4. The Morgan fingerprint density at radius 3 is 1.93 bits per heavy atom. The summed E-state index contributed by atoms with van der Waals surface area (Å²) in [5.41, 5.74) is 11.0. The van der Waals surface area contributed by atoms with Gasteiger partial charge in [0.2, 0.25) is 0 Å². The molecule has 0 radical (unpaired) electrons. The SMILES string of the molecule is COc1ccc(F)c(-c2ccc(CO[Si](c3ccccc3)(c3ccccc3)C(C)(C)C)cc2C(C)(C)N=[N+]=[N-])c1. The first-order valence-corrected chi connectivity index (χ1v) is 15.2. The fourth-order valence-electron chi connectivity index (χ4n) is 5.38. The standard InChI is InChI=1S/C33H36FN3O2Si/c1-32(2,3)40(26-13-9-7-10-14-26,27-15-11-8-12-16-27)39-23-24-17-19-28(30(21-24)33(4,5)36-37-35)29-22-25(38-6)18-20-31(29)34/h7-22H,23H2,1-6H3. The summed E-state index contributed by atoms with van der Waals surface area (Å²) < 4.78 is 27.6. The van der Waals surface area contributed by atoms with Crippen molar-refractivity contribution in [2.24, 2.45) is 5.11 Å². The van der Waals surface area contributed by atoms with E-state index in [0.29, 0.717) is 29.0 Å². The van der Waals surface area contributed by atoms with Crippen molar-refractivity contribution in [1.82, 2.24) is 0 Å². The molecule has 0 unspecified atom stereocenters. The maximum atomic E-state index is 15.1. The van der Waals surface area contributed by atoms with Gasteiger partial charge in [0.15, 0.2) is 0 Å². The maximum Gasteiger partial charge on any atom is 0.261 e. The molecule has 0 N–H and O–H groups in total. The average molecular weight is 554 g/mol. The van der Waals surface area contributed by atoms with Gasteiger partial charge in [0.1, 0.15) is 11.6 Å². The van der Waals surface area contributed by atoms with E-state index in [-0.39, 0.29) is 10.9 Å². The smallest absolute Gasteiger partial charge is 0.261 e. The Hall–Kier alpha value is -3.90. The molecule has 0 bridgehead atoms. The highest BCUT2D eigenvalue weighted by atomic mass is 28.4. The van der Waals surface area contributed by atoms with Gasteiger partial charge < -0.3 is 9.16 Å². The van der Waals surface area contributed by atoms with Gasteiger partial charge in [-0.05, 0) is 55.8 Å². The summed E-state index contributed by atoms with van der Waals surface area (Å²) in [6.45, 7) is 10.7. The lowest BCUT2D eigenvalue weighted by atomic mass is 9.86. The third-order valence-electron chi connectivity index (χ3n) is 7.37. The molecule has 0 aliphatic carbocycles. The van der Waals surface area contributed by atoms with Crippen LogP contribution in [0, 0.1) is 5.82 Å². The van der Waals surface area contributed by atoms with Crippen LogP contribution < -0.4 is 15.1 Å². The molecular formula is C33H36FN3O2Si. The van der Waals surface area contributed by atoms with E-state index in [1.54, 1.807) is 19.2 Å². The number of methoxy groups -OCH3 is 1. The number of azide groups is 1. The molecule has 4 aromatic carbocycles. The van der Waals surface area contributed by atoms with E-state index >= 15 is 4.39 Å². The first kappa shape index (κ1) is 29.1. The lowest BCUT2D eigenvalue weighted by molar-refractivity contribution is 0.286. The van der Waals surface area contributed by atoms with E-state index in [1.165, 1.54) is 16.4 Å². The normalized spacial score (nSPS) is 12.1. The van der Waals surface area contributed by atoms with Crippen LogP contribution in [-0.2, 0) is 16.6 Å². The Morgan fingerprint density at radius 2 is 1.40 bits per heavy atom. The zero-order valence-corrected chi connectivity index (χ0v) is 25.0. The molecule has 0 aromatic heterocycles. The third-order valence-corrected chi connectivity index (χ3v) is 12.4. The minimum atomic E-state index is -2.77. The van der Waals surface area contributed by atoms with Crippen molar-refractivity contribution in [3.05, 3.63) is 124 Å². The summed E-state index contributed by atoms with van der Waals surface area (Å²) >= 11 is 0. The largest absolute Gasteiger partial charge is 0.497 e. The van der Waals surface area contributed by atoms with E-state index in [2.05, 4.69) is 79.3 Å². The Labute approximate surface area is 237 Å². The van der Waals surface area contributed by atoms with Gasteiger partial charge in [0.05, 0.1) is 19.3 Å². The number of hydrogen-bond donors (Lipinski definition) is 0. The highest BCUT2D eigenvalue weighted by molar-refractivity contribution is 6.99. The Bertz CT molecular complexity index is 1470. The van der Waals surface area contributed by atoms with Gasteiger partial charge in [-0.3, -0.25) is 0 Å². The predicted molar refractivity (Wildman–Crippen MR) is 163 cm³/mol. The highest BCUT2D eigenvalue weighted by Crippen LogP contribution is 2.40. The van der Waals surface area contributed by atoms with Crippen LogP contribution in [0.2, 0.25) is 5.04 Å². The molecule has 5 nitrogen and oxygen atoms in total. The first-order valence-electron chi connectivity index (χ1n) is 13.3. The van der Waals surface area contributed by atoms with Gasteiger partial charge in [-0.1, -0.05) is 119 Å². The summed E-state index contributed by atoms with van der Waals surface area (Å²) in [7, 11) is -1.22. The summed E-state index contributed by atoms with van der Waals surface area (Å²) in [5.74, 6) is 0.165. The molecule has 0 fully saturated rings. The van der Waals surface area contributed by atoms with Crippen LogP contribution >= 0.6 is 0 Å². The second-order valence-corrected chi connectivity index (χ2v) is 15.7. The third kappa shape index (κ3) is 5.68. The molecule has 206 valence electrons. The summed E-state index contributed by atoms with van der Waals surface area (Å²) in [4.78, 5) is 3.08. The molecule has 0 aliphatic heterocycles. The van der Waals surface area contributed by atoms with Gasteiger partial charge in [0, 0.05) is 10.5 Å². The Kier molecular flexibility index (Phi) is 8.50. The van der Waals surface area contributed by atoms with Crippen LogP contribution in [0.1, 0.15) is 45.7 Å². The van der Waals surface area contributed by atoms with Crippen molar-refractivity contribution < 1.29 is 13.6 Å². The first-order chi connectivity index (χ1) is 19.0. The molecular weight excluding hydrogens is 517 g/mol. The topological polar surface area (TPSA) is 67.2 Å². The molecule has 0 amide bonds. The number of rotatable bonds is 9. The van der Waals surface area contributed by atoms with Crippen LogP contribution in [0.15, 0.2) is 102 Å². The lowest BCUT2D eigenvalue weighted by Crippen LogP contribution is -2.66. The number of hydrogen-bond acceptors (Lipinski definition) is 3. The Balaban J connectivity index is 1.85. The second kappa shape index (κ2) is 11.7. The van der Waals surface area contributed by atoms with Crippen LogP contribution in [0.5, 0.6) is 5.75 Å².